The summed E-state index contributed by atoms with van der Waals surface area (Å²) in [5, 5.41) is 30.2. The minimum absolute atomic E-state index is 0.0464. The van der Waals surface area contributed by atoms with E-state index in [-0.39, 0.29) is 47.0 Å². The van der Waals surface area contributed by atoms with E-state index in [0.717, 1.165) is 17.0 Å². The Labute approximate surface area is 222 Å². The van der Waals surface area contributed by atoms with Crippen molar-refractivity contribution in [2.45, 2.75) is 25.7 Å². The lowest BCUT2D eigenvalue weighted by atomic mass is 9.59. The summed E-state index contributed by atoms with van der Waals surface area (Å²) < 4.78 is 0. The lowest BCUT2D eigenvalue weighted by Gasteiger charge is -2.42. The fourth-order valence-corrected chi connectivity index (χ4v) is 6.54. The summed E-state index contributed by atoms with van der Waals surface area (Å²) in [5.74, 6) is -6.49. The number of aromatic hydroxyl groups is 2. The van der Waals surface area contributed by atoms with Crippen LogP contribution in [0.15, 0.2) is 76.9 Å². The third kappa shape index (κ3) is 3.49. The highest BCUT2D eigenvalue weighted by Crippen LogP contribution is 2.56. The van der Waals surface area contributed by atoms with E-state index in [2.05, 4.69) is 0 Å². The number of carboxylic acid groups (broad SMARTS) is 1. The number of phenolic OH excluding ortho intramolecular Hbond substituents is 1. The molecule has 1 aliphatic heterocycles. The molecule has 4 aliphatic rings. The van der Waals surface area contributed by atoms with Crippen molar-refractivity contribution < 1.29 is 39.3 Å². The van der Waals surface area contributed by atoms with Gasteiger partial charge in [0.25, 0.3) is 0 Å². The normalized spacial score (nSPS) is 26.1. The third-order valence-corrected chi connectivity index (χ3v) is 8.28. The highest BCUT2D eigenvalue weighted by Gasteiger charge is 2.56. The van der Waals surface area contributed by atoms with Gasteiger partial charge < -0.3 is 15.3 Å². The molecule has 39 heavy (non-hydrogen) atoms. The number of fused-ring (bicyclic) bond motifs is 3. The molecule has 0 unspecified atom stereocenters. The van der Waals surface area contributed by atoms with Crippen LogP contribution in [0.25, 0.3) is 0 Å². The number of carbonyl (C=O) groups is 5. The van der Waals surface area contributed by atoms with Crippen molar-refractivity contribution >= 4 is 35.0 Å². The van der Waals surface area contributed by atoms with Crippen molar-refractivity contribution in [3.05, 3.63) is 88.0 Å². The molecule has 2 aromatic carbocycles. The van der Waals surface area contributed by atoms with E-state index < -0.39 is 47.2 Å². The van der Waals surface area contributed by atoms with Crippen LogP contribution in [-0.2, 0) is 19.2 Å². The maximum Gasteiger partial charge on any atom is 0.339 e. The summed E-state index contributed by atoms with van der Waals surface area (Å²) in [6.45, 7) is 1.57. The molecule has 4 atom stereocenters. The van der Waals surface area contributed by atoms with Gasteiger partial charge in [-0.15, -0.1) is 0 Å². The number of rotatable bonds is 3. The Bertz CT molecular complexity index is 1630. The molecule has 3 aliphatic carbocycles. The van der Waals surface area contributed by atoms with Gasteiger partial charge in [-0.3, -0.25) is 19.2 Å². The van der Waals surface area contributed by atoms with Crippen molar-refractivity contribution in [2.24, 2.45) is 17.8 Å². The van der Waals surface area contributed by atoms with Crippen LogP contribution in [0.2, 0.25) is 0 Å². The molecule has 2 aromatic rings. The van der Waals surface area contributed by atoms with Crippen LogP contribution in [0.1, 0.15) is 41.6 Å². The van der Waals surface area contributed by atoms with Crippen molar-refractivity contribution in [1.82, 2.24) is 0 Å². The Kier molecular flexibility index (Phi) is 5.43. The van der Waals surface area contributed by atoms with Gasteiger partial charge in [0.1, 0.15) is 17.1 Å². The molecule has 9 heteroatoms. The maximum absolute atomic E-state index is 13.9. The van der Waals surface area contributed by atoms with E-state index in [1.807, 2.05) is 6.08 Å². The van der Waals surface area contributed by atoms with Crippen LogP contribution in [-0.4, -0.2) is 44.7 Å². The van der Waals surface area contributed by atoms with Gasteiger partial charge in [0.05, 0.1) is 17.5 Å². The molecule has 0 bridgehead atoms. The van der Waals surface area contributed by atoms with Gasteiger partial charge in [-0.05, 0) is 50.0 Å². The van der Waals surface area contributed by atoms with E-state index in [1.165, 1.54) is 18.2 Å². The van der Waals surface area contributed by atoms with Gasteiger partial charge in [-0.25, -0.2) is 9.69 Å². The van der Waals surface area contributed by atoms with Crippen molar-refractivity contribution in [1.29, 1.82) is 0 Å². The van der Waals surface area contributed by atoms with E-state index >= 15 is 0 Å². The molecule has 1 fully saturated rings. The largest absolute Gasteiger partial charge is 0.508 e. The van der Waals surface area contributed by atoms with Crippen LogP contribution in [0.3, 0.4) is 0 Å². The topological polar surface area (TPSA) is 149 Å². The van der Waals surface area contributed by atoms with Gasteiger partial charge in [0, 0.05) is 34.3 Å². The second-order valence-corrected chi connectivity index (χ2v) is 10.3. The van der Waals surface area contributed by atoms with Crippen molar-refractivity contribution in [3.8, 4) is 11.5 Å². The monoisotopic (exact) mass is 525 g/mol. The molecule has 9 nitrogen and oxygen atoms in total. The summed E-state index contributed by atoms with van der Waals surface area (Å²) in [7, 11) is 0. The molecule has 0 aromatic heterocycles. The second kappa shape index (κ2) is 8.62. The Morgan fingerprint density at radius 1 is 0.949 bits per heavy atom. The average Bonchev–Trinajstić information content (AvgIpc) is 3.16. The quantitative estimate of drug-likeness (QED) is 0.314. The van der Waals surface area contributed by atoms with Crippen LogP contribution in [0.5, 0.6) is 11.5 Å². The maximum atomic E-state index is 13.9. The van der Waals surface area contributed by atoms with Gasteiger partial charge in [-0.2, -0.15) is 0 Å². The smallest absolute Gasteiger partial charge is 0.339 e. The number of benzene rings is 2. The van der Waals surface area contributed by atoms with Crippen molar-refractivity contribution in [3.63, 3.8) is 0 Å². The second-order valence-electron chi connectivity index (χ2n) is 10.3. The number of amides is 2. The van der Waals surface area contributed by atoms with Gasteiger partial charge in [0.15, 0.2) is 11.6 Å². The lowest BCUT2D eigenvalue weighted by molar-refractivity contribution is -0.123. The number of hydrogen-bond donors (Lipinski definition) is 3. The van der Waals surface area contributed by atoms with Gasteiger partial charge in [-0.1, -0.05) is 29.8 Å². The summed E-state index contributed by atoms with van der Waals surface area (Å²) in [5.41, 5.74) is 1.72. The van der Waals surface area contributed by atoms with Crippen LogP contribution in [0, 0.1) is 17.8 Å². The minimum atomic E-state index is -1.35. The van der Waals surface area contributed by atoms with E-state index in [0.29, 0.717) is 22.3 Å². The predicted molar refractivity (Wildman–Crippen MR) is 137 cm³/mol. The Balaban J connectivity index is 1.46. The number of carboxylic acids is 1. The summed E-state index contributed by atoms with van der Waals surface area (Å²) in [6, 6.07) is 10.1. The zero-order chi connectivity index (χ0) is 27.7. The summed E-state index contributed by atoms with van der Waals surface area (Å²) in [4.78, 5) is 66.2. The molecule has 3 N–H and O–H groups in total. The van der Waals surface area contributed by atoms with E-state index in [1.54, 1.807) is 25.1 Å². The van der Waals surface area contributed by atoms with E-state index in [4.69, 9.17) is 0 Å². The lowest BCUT2D eigenvalue weighted by Crippen LogP contribution is -2.39. The zero-order valence-electron chi connectivity index (χ0n) is 20.7. The number of Topliss-reactive ketones (excluding diaryl/α,β-unsaturated/α-hetero) is 1. The number of imide groups is 1. The Hall–Kier alpha value is -4.79. The number of carbonyl (C=O) groups excluding carboxylic acids is 4. The average molecular weight is 526 g/mol. The summed E-state index contributed by atoms with van der Waals surface area (Å²) in [6.07, 6.45) is 3.44. The molecule has 1 saturated heterocycles. The number of hydrogen-bond acceptors (Lipinski definition) is 7. The fourth-order valence-electron chi connectivity index (χ4n) is 6.54. The number of aromatic carboxylic acids is 1. The SMILES string of the molecule is CC1=CC(=O)C2=C(C1=O)[C@@H](c1ccccc1O)C1=CC[C@@H]3C(=O)N(c4ccc(C(=O)O)c(O)c4)C(=O)[C@@H]3[C@@H]1C2. The predicted octanol–water partition coefficient (Wildman–Crippen LogP) is 3.43. The summed E-state index contributed by atoms with van der Waals surface area (Å²) >= 11 is 0. The Morgan fingerprint density at radius 2 is 1.69 bits per heavy atom. The third-order valence-electron chi connectivity index (χ3n) is 8.28. The molecule has 0 radical (unpaired) electrons. The number of phenols is 2. The number of nitrogens with zero attached hydrogens (tertiary/aromatic N) is 1. The fraction of sp³-hybridized carbons (Fsp3) is 0.233. The van der Waals surface area contributed by atoms with E-state index in [9.17, 15) is 39.3 Å². The van der Waals surface area contributed by atoms with Crippen LogP contribution >= 0.6 is 0 Å². The molecule has 2 amide bonds. The molecule has 0 spiro atoms. The number of anilines is 1. The van der Waals surface area contributed by atoms with Gasteiger partial charge >= 0.3 is 5.97 Å². The minimum Gasteiger partial charge on any atom is -0.508 e. The number of ketones is 2. The first-order valence-electron chi connectivity index (χ1n) is 12.5. The van der Waals surface area contributed by atoms with Crippen LogP contribution in [0.4, 0.5) is 5.69 Å². The number of para-hydroxylation sites is 1. The highest BCUT2D eigenvalue weighted by atomic mass is 16.4. The molecule has 196 valence electrons. The Morgan fingerprint density at radius 3 is 2.38 bits per heavy atom. The molecule has 0 saturated carbocycles. The van der Waals surface area contributed by atoms with Crippen molar-refractivity contribution in [2.75, 3.05) is 4.90 Å². The molecular formula is C30H23NO8. The van der Waals surface area contributed by atoms with Gasteiger partial charge in [0.2, 0.25) is 11.8 Å². The molecular weight excluding hydrogens is 502 g/mol. The standard InChI is InChI=1S/C30H23NO8/c1-13-10-22(33)20-12-19-15(24(26(20)27(13)35)16-4-2-3-5-21(16)32)8-9-18-25(19)29(37)31(28(18)36)14-6-7-17(30(38)39)23(34)11-14/h2-8,10-11,18-19,24-25,32,34H,9,12H2,1H3,(H,38,39)/t18-,19+,24+,25-/m0/s1. The first-order chi connectivity index (χ1) is 18.6. The number of allylic oxidation sites excluding steroid dienone is 6. The molecule has 6 rings (SSSR count). The highest BCUT2D eigenvalue weighted by molar-refractivity contribution is 6.25. The first-order valence-corrected chi connectivity index (χ1v) is 12.5. The zero-order valence-corrected chi connectivity index (χ0v) is 20.7. The first kappa shape index (κ1) is 24.5. The molecule has 1 heterocycles. The van der Waals surface area contributed by atoms with Crippen LogP contribution < -0.4 is 4.90 Å².